The summed E-state index contributed by atoms with van der Waals surface area (Å²) in [4.78, 5) is 8.00. The van der Waals surface area contributed by atoms with Crippen molar-refractivity contribution in [2.24, 2.45) is 0 Å². The Labute approximate surface area is 37.8 Å². The highest BCUT2D eigenvalue weighted by molar-refractivity contribution is 7.80. The van der Waals surface area contributed by atoms with Crippen molar-refractivity contribution in [1.29, 1.82) is 0 Å². The first-order chi connectivity index (χ1) is 2.41. The predicted octanol–water partition coefficient (Wildman–Crippen LogP) is 0.751. The first kappa shape index (κ1) is 8.89. The van der Waals surface area contributed by atoms with Crippen LogP contribution in [0.5, 0.6) is 0 Å². The Hall–Kier alpha value is 0.0200. The lowest BCUT2D eigenvalue weighted by atomic mass is 11.0. The molecular formula is C3H8OS. The third-order valence-electron chi connectivity index (χ3n) is 0. The van der Waals surface area contributed by atoms with Gasteiger partial charge >= 0.3 is 0 Å². The van der Waals surface area contributed by atoms with Crippen LogP contribution in [-0.2, 0) is 4.79 Å². The maximum Gasteiger partial charge on any atom is 0.106 e. The van der Waals surface area contributed by atoms with E-state index in [1.165, 1.54) is 0 Å². The van der Waals surface area contributed by atoms with Crippen LogP contribution in [0, 0.1) is 0 Å². The minimum absolute atomic E-state index is 0.944. The van der Waals surface area contributed by atoms with Gasteiger partial charge in [0.15, 0.2) is 0 Å². The van der Waals surface area contributed by atoms with E-state index < -0.39 is 0 Å². The molecule has 0 atom stereocenters. The van der Waals surface area contributed by atoms with E-state index in [-0.39, 0.29) is 0 Å². The van der Waals surface area contributed by atoms with Crippen molar-refractivity contribution in [2.75, 3.05) is 5.75 Å². The summed E-state index contributed by atoms with van der Waals surface area (Å²) in [5, 5.41) is 0. The highest BCUT2D eigenvalue weighted by Gasteiger charge is 1.35. The number of hydrogen-bond acceptors (Lipinski definition) is 2. The second-order valence-corrected chi connectivity index (χ2v) is 0.949. The van der Waals surface area contributed by atoms with Crippen LogP contribution in [0.1, 0.15) is 6.92 Å². The van der Waals surface area contributed by atoms with Crippen LogP contribution in [0.4, 0.5) is 0 Å². The number of rotatable bonds is 0. The van der Waals surface area contributed by atoms with Crippen molar-refractivity contribution < 1.29 is 4.79 Å². The average Bonchev–Trinajstić information content (AvgIpc) is 1.46. The smallest absolute Gasteiger partial charge is 0.106 e. The molecule has 32 valence electrons. The van der Waals surface area contributed by atoms with Gasteiger partial charge in [-0.05, 0) is 5.75 Å². The summed E-state index contributed by atoms with van der Waals surface area (Å²) >= 11 is 3.79. The van der Waals surface area contributed by atoms with E-state index in [1.807, 2.05) is 13.7 Å². The van der Waals surface area contributed by atoms with Gasteiger partial charge in [-0.3, -0.25) is 0 Å². The van der Waals surface area contributed by atoms with Crippen LogP contribution < -0.4 is 0 Å². The molecule has 0 amide bonds. The van der Waals surface area contributed by atoms with Crippen molar-refractivity contribution in [1.82, 2.24) is 0 Å². The van der Waals surface area contributed by atoms with Crippen LogP contribution in [0.3, 0.4) is 0 Å². The summed E-state index contributed by atoms with van der Waals surface area (Å²) in [5.41, 5.74) is 0. The molecule has 0 spiro atoms. The average molecular weight is 92.2 g/mol. The van der Waals surface area contributed by atoms with E-state index >= 15 is 0 Å². The number of carbonyl (C=O) groups is 1. The van der Waals surface area contributed by atoms with Gasteiger partial charge in [0.25, 0.3) is 0 Å². The zero-order valence-corrected chi connectivity index (χ0v) is 4.16. The summed E-state index contributed by atoms with van der Waals surface area (Å²) < 4.78 is 0. The quantitative estimate of drug-likeness (QED) is 0.436. The minimum atomic E-state index is 0.944. The Balaban J connectivity index is 0. The maximum absolute atomic E-state index is 8.00. The molecule has 5 heavy (non-hydrogen) atoms. The fourth-order valence-electron chi connectivity index (χ4n) is 0. The van der Waals surface area contributed by atoms with Gasteiger partial charge in [0.2, 0.25) is 0 Å². The summed E-state index contributed by atoms with van der Waals surface area (Å²) in [6.45, 7) is 3.99. The molecule has 0 radical (unpaired) electrons. The fourth-order valence-corrected chi connectivity index (χ4v) is 0. The van der Waals surface area contributed by atoms with E-state index in [0.717, 1.165) is 5.75 Å². The summed E-state index contributed by atoms with van der Waals surface area (Å²) in [7, 11) is 0. The predicted molar refractivity (Wildman–Crippen MR) is 26.6 cm³/mol. The molecule has 0 aromatic carbocycles. The van der Waals surface area contributed by atoms with Gasteiger partial charge in [-0.1, -0.05) is 6.92 Å². The topological polar surface area (TPSA) is 17.1 Å². The standard InChI is InChI=1S/C2H6S.CH2O/c1-2-3;1-2/h3H,2H2,1H3;1H2. The van der Waals surface area contributed by atoms with Crippen LogP contribution in [-0.4, -0.2) is 12.5 Å². The Morgan fingerprint density at radius 3 is 1.80 bits per heavy atom. The van der Waals surface area contributed by atoms with E-state index in [4.69, 9.17) is 4.79 Å². The Morgan fingerprint density at radius 1 is 1.80 bits per heavy atom. The molecule has 0 saturated heterocycles. The number of thiol groups is 1. The molecule has 0 bridgehead atoms. The molecule has 0 unspecified atom stereocenters. The van der Waals surface area contributed by atoms with Gasteiger partial charge in [0, 0.05) is 0 Å². The van der Waals surface area contributed by atoms with Gasteiger partial charge < -0.3 is 4.79 Å². The van der Waals surface area contributed by atoms with E-state index in [0.29, 0.717) is 0 Å². The molecule has 1 nitrogen and oxygen atoms in total. The molecular weight excluding hydrogens is 84.1 g/mol. The molecule has 0 aromatic heterocycles. The molecule has 0 aromatic rings. The molecule has 0 fully saturated rings. The molecule has 2 heteroatoms. The first-order valence-corrected chi connectivity index (χ1v) is 1.94. The normalized spacial score (nSPS) is 4.40. The van der Waals surface area contributed by atoms with Crippen LogP contribution in [0.2, 0.25) is 0 Å². The second-order valence-electron chi connectivity index (χ2n) is 0.316. The van der Waals surface area contributed by atoms with Crippen molar-refractivity contribution in [3.8, 4) is 0 Å². The Bertz CT molecular complexity index is 10.9. The zero-order valence-electron chi connectivity index (χ0n) is 3.27. The molecule has 0 aliphatic rings. The van der Waals surface area contributed by atoms with Crippen molar-refractivity contribution in [3.63, 3.8) is 0 Å². The maximum atomic E-state index is 8.00. The third kappa shape index (κ3) is 41000. The Kier molecular flexibility index (Phi) is 62.7. The molecule has 0 rings (SSSR count). The van der Waals surface area contributed by atoms with E-state index in [2.05, 4.69) is 12.6 Å². The lowest BCUT2D eigenvalue weighted by Crippen LogP contribution is -1.36. The SMILES string of the molecule is C=O.CCS. The van der Waals surface area contributed by atoms with Crippen LogP contribution >= 0.6 is 12.6 Å². The zero-order chi connectivity index (χ0) is 4.71. The monoisotopic (exact) mass is 92.0 g/mol. The van der Waals surface area contributed by atoms with Crippen molar-refractivity contribution in [3.05, 3.63) is 0 Å². The molecule has 0 aliphatic carbocycles. The summed E-state index contributed by atoms with van der Waals surface area (Å²) in [5.74, 6) is 0.944. The van der Waals surface area contributed by atoms with Crippen molar-refractivity contribution in [2.45, 2.75) is 6.92 Å². The Morgan fingerprint density at radius 2 is 1.80 bits per heavy atom. The van der Waals surface area contributed by atoms with Gasteiger partial charge in [-0.15, -0.1) is 0 Å². The second kappa shape index (κ2) is 35.2. The highest BCUT2D eigenvalue weighted by atomic mass is 32.1. The fraction of sp³-hybridized carbons (Fsp3) is 0.667. The van der Waals surface area contributed by atoms with Crippen LogP contribution in [0.15, 0.2) is 0 Å². The van der Waals surface area contributed by atoms with Gasteiger partial charge in [-0.25, -0.2) is 0 Å². The molecule has 0 N–H and O–H groups in total. The lowest BCUT2D eigenvalue weighted by molar-refractivity contribution is -0.0979. The summed E-state index contributed by atoms with van der Waals surface area (Å²) in [6.07, 6.45) is 0. The van der Waals surface area contributed by atoms with E-state index in [1.54, 1.807) is 0 Å². The number of hydrogen-bond donors (Lipinski definition) is 1. The minimum Gasteiger partial charge on any atom is -0.307 e. The molecule has 0 saturated carbocycles. The molecule has 0 aliphatic heterocycles. The van der Waals surface area contributed by atoms with Gasteiger partial charge in [-0.2, -0.15) is 12.6 Å². The van der Waals surface area contributed by atoms with Crippen molar-refractivity contribution >= 4 is 19.4 Å². The number of carbonyl (C=O) groups excluding carboxylic acids is 1. The molecule has 0 heterocycles. The van der Waals surface area contributed by atoms with Crippen LogP contribution in [0.25, 0.3) is 0 Å². The summed E-state index contributed by atoms with van der Waals surface area (Å²) in [6, 6.07) is 0. The van der Waals surface area contributed by atoms with Gasteiger partial charge in [0.05, 0.1) is 0 Å². The first-order valence-electron chi connectivity index (χ1n) is 1.31. The van der Waals surface area contributed by atoms with Gasteiger partial charge in [0.1, 0.15) is 6.79 Å². The van der Waals surface area contributed by atoms with E-state index in [9.17, 15) is 0 Å². The highest BCUT2D eigenvalue weighted by Crippen LogP contribution is 1.58. The third-order valence-corrected chi connectivity index (χ3v) is 0. The largest absolute Gasteiger partial charge is 0.307 e. The lowest BCUT2D eigenvalue weighted by Gasteiger charge is -1.48.